The smallest absolute Gasteiger partial charge is 0.181 e. The first-order valence-corrected chi connectivity index (χ1v) is 6.01. The third-order valence-corrected chi connectivity index (χ3v) is 3.83. The van der Waals surface area contributed by atoms with E-state index in [2.05, 4.69) is 17.2 Å². The highest BCUT2D eigenvalue weighted by molar-refractivity contribution is 5.17. The maximum Gasteiger partial charge on any atom is 0.181 e. The van der Waals surface area contributed by atoms with Crippen molar-refractivity contribution in [2.24, 2.45) is 11.8 Å². The van der Waals surface area contributed by atoms with Gasteiger partial charge >= 0.3 is 0 Å². The molecule has 2 unspecified atom stereocenters. The Morgan fingerprint density at radius 3 is 2.93 bits per heavy atom. The van der Waals surface area contributed by atoms with Crippen molar-refractivity contribution in [3.63, 3.8) is 0 Å². The normalized spacial score (nSPS) is 33.0. The van der Waals surface area contributed by atoms with Crippen LogP contribution in [0.2, 0.25) is 0 Å². The lowest BCUT2D eigenvalue weighted by atomic mass is 9.99. The number of hydrogen-bond acceptors (Lipinski definition) is 3. The molecule has 2 aliphatic rings. The summed E-state index contributed by atoms with van der Waals surface area (Å²) in [6.07, 6.45) is 5.73. The first-order chi connectivity index (χ1) is 7.38. The molecule has 1 aromatic rings. The monoisotopic (exact) mass is 206 g/mol. The van der Waals surface area contributed by atoms with Crippen molar-refractivity contribution in [2.45, 2.75) is 38.6 Å². The maximum atomic E-state index is 5.56. The van der Waals surface area contributed by atoms with E-state index in [4.69, 9.17) is 4.42 Å². The van der Waals surface area contributed by atoms with Crippen LogP contribution >= 0.6 is 0 Å². The van der Waals surface area contributed by atoms with Crippen LogP contribution in [-0.4, -0.2) is 11.5 Å². The minimum atomic E-state index is 0.657. The van der Waals surface area contributed by atoms with Crippen LogP contribution in [0.4, 0.5) is 0 Å². The number of nitrogens with zero attached hydrogens (tertiary/aromatic N) is 1. The van der Waals surface area contributed by atoms with E-state index in [1.54, 1.807) is 6.39 Å². The summed E-state index contributed by atoms with van der Waals surface area (Å²) >= 11 is 0. The molecule has 1 N–H and O–H groups in total. The average molecular weight is 206 g/mol. The van der Waals surface area contributed by atoms with Gasteiger partial charge in [0.05, 0.1) is 5.69 Å². The highest BCUT2D eigenvalue weighted by atomic mass is 16.3. The van der Waals surface area contributed by atoms with Crippen LogP contribution < -0.4 is 5.32 Å². The standard InChI is InChI=1S/C12H18N2O/c1-2-13-6-11-12(15-7-14-11)10-4-8-3-9(8)5-10/h7-10,13H,2-6H2,1H3. The predicted octanol–water partition coefficient (Wildman–Crippen LogP) is 2.30. The first-order valence-electron chi connectivity index (χ1n) is 6.01. The van der Waals surface area contributed by atoms with E-state index in [-0.39, 0.29) is 0 Å². The van der Waals surface area contributed by atoms with E-state index in [9.17, 15) is 0 Å². The molecule has 1 heterocycles. The Balaban J connectivity index is 1.70. The van der Waals surface area contributed by atoms with Crippen molar-refractivity contribution in [1.82, 2.24) is 10.3 Å². The molecule has 0 radical (unpaired) electrons. The molecule has 1 aromatic heterocycles. The molecule has 82 valence electrons. The molecule has 0 bridgehead atoms. The van der Waals surface area contributed by atoms with E-state index in [1.807, 2.05) is 0 Å². The maximum absolute atomic E-state index is 5.56. The van der Waals surface area contributed by atoms with Gasteiger partial charge in [-0.25, -0.2) is 4.98 Å². The van der Waals surface area contributed by atoms with Crippen LogP contribution in [0.15, 0.2) is 10.8 Å². The lowest BCUT2D eigenvalue weighted by Crippen LogP contribution is -2.14. The van der Waals surface area contributed by atoms with Gasteiger partial charge in [0.15, 0.2) is 6.39 Å². The summed E-state index contributed by atoms with van der Waals surface area (Å²) in [6.45, 7) is 3.96. The van der Waals surface area contributed by atoms with Gasteiger partial charge in [-0.15, -0.1) is 0 Å². The van der Waals surface area contributed by atoms with E-state index in [0.717, 1.165) is 36.4 Å². The summed E-state index contributed by atoms with van der Waals surface area (Å²) in [6, 6.07) is 0. The molecular formula is C12H18N2O. The van der Waals surface area contributed by atoms with Gasteiger partial charge in [-0.3, -0.25) is 0 Å². The van der Waals surface area contributed by atoms with Crippen molar-refractivity contribution in [3.8, 4) is 0 Å². The third-order valence-electron chi connectivity index (χ3n) is 3.83. The minimum absolute atomic E-state index is 0.657. The molecule has 15 heavy (non-hydrogen) atoms. The molecule has 3 nitrogen and oxygen atoms in total. The van der Waals surface area contributed by atoms with Gasteiger partial charge in [0.1, 0.15) is 5.76 Å². The summed E-state index contributed by atoms with van der Waals surface area (Å²) in [5.41, 5.74) is 1.13. The van der Waals surface area contributed by atoms with Crippen LogP contribution in [0.25, 0.3) is 0 Å². The molecule has 0 saturated heterocycles. The van der Waals surface area contributed by atoms with Gasteiger partial charge in [0.2, 0.25) is 0 Å². The Hall–Kier alpha value is -0.830. The Morgan fingerprint density at radius 1 is 1.40 bits per heavy atom. The molecule has 0 amide bonds. The third kappa shape index (κ3) is 1.69. The summed E-state index contributed by atoms with van der Waals surface area (Å²) in [5, 5.41) is 3.31. The molecule has 2 saturated carbocycles. The molecule has 0 aliphatic heterocycles. The second-order valence-corrected chi connectivity index (χ2v) is 4.87. The number of rotatable bonds is 4. The molecule has 2 aliphatic carbocycles. The summed E-state index contributed by atoms with van der Waals surface area (Å²) in [5.74, 6) is 3.83. The molecular weight excluding hydrogens is 188 g/mol. The average Bonchev–Trinajstić information content (AvgIpc) is 2.69. The molecule has 2 fully saturated rings. The zero-order chi connectivity index (χ0) is 10.3. The number of oxazole rings is 1. The van der Waals surface area contributed by atoms with Crippen molar-refractivity contribution in [2.75, 3.05) is 6.54 Å². The summed E-state index contributed by atoms with van der Waals surface area (Å²) in [4.78, 5) is 4.31. The van der Waals surface area contributed by atoms with Crippen molar-refractivity contribution in [3.05, 3.63) is 17.8 Å². The molecule has 3 heteroatoms. The van der Waals surface area contributed by atoms with Gasteiger partial charge in [-0.1, -0.05) is 6.92 Å². The van der Waals surface area contributed by atoms with Gasteiger partial charge in [-0.2, -0.15) is 0 Å². The van der Waals surface area contributed by atoms with Crippen molar-refractivity contribution < 1.29 is 4.42 Å². The second-order valence-electron chi connectivity index (χ2n) is 4.87. The predicted molar refractivity (Wildman–Crippen MR) is 57.5 cm³/mol. The largest absolute Gasteiger partial charge is 0.448 e. The van der Waals surface area contributed by atoms with Crippen molar-refractivity contribution in [1.29, 1.82) is 0 Å². The van der Waals surface area contributed by atoms with Crippen LogP contribution in [0.3, 0.4) is 0 Å². The van der Waals surface area contributed by atoms with Crippen LogP contribution in [-0.2, 0) is 6.54 Å². The minimum Gasteiger partial charge on any atom is -0.448 e. The van der Waals surface area contributed by atoms with Crippen molar-refractivity contribution >= 4 is 0 Å². The number of nitrogens with one attached hydrogen (secondary N) is 1. The highest BCUT2D eigenvalue weighted by Crippen LogP contribution is 2.57. The van der Waals surface area contributed by atoms with E-state index >= 15 is 0 Å². The fourth-order valence-corrected chi connectivity index (χ4v) is 2.92. The molecule has 2 atom stereocenters. The van der Waals surface area contributed by atoms with Gasteiger partial charge < -0.3 is 9.73 Å². The number of fused-ring (bicyclic) bond motifs is 1. The van der Waals surface area contributed by atoms with Gasteiger partial charge in [0.25, 0.3) is 0 Å². The second kappa shape index (κ2) is 3.63. The van der Waals surface area contributed by atoms with Crippen LogP contribution in [0.5, 0.6) is 0 Å². The zero-order valence-corrected chi connectivity index (χ0v) is 9.20. The van der Waals surface area contributed by atoms with Crippen LogP contribution in [0.1, 0.15) is 43.6 Å². The number of aromatic nitrogens is 1. The fourth-order valence-electron chi connectivity index (χ4n) is 2.92. The zero-order valence-electron chi connectivity index (χ0n) is 9.20. The first kappa shape index (κ1) is 9.40. The fraction of sp³-hybridized carbons (Fsp3) is 0.750. The highest BCUT2D eigenvalue weighted by Gasteiger charge is 2.47. The van der Waals surface area contributed by atoms with Gasteiger partial charge in [0, 0.05) is 12.5 Å². The quantitative estimate of drug-likeness (QED) is 0.821. The Labute approximate surface area is 90.3 Å². The summed E-state index contributed by atoms with van der Waals surface area (Å²) < 4.78 is 5.56. The Kier molecular flexibility index (Phi) is 2.28. The lowest BCUT2D eigenvalue weighted by Gasteiger charge is -2.10. The topological polar surface area (TPSA) is 38.1 Å². The molecule has 0 aromatic carbocycles. The lowest BCUT2D eigenvalue weighted by molar-refractivity contribution is 0.438. The molecule has 0 spiro atoms. The van der Waals surface area contributed by atoms with E-state index in [1.165, 1.54) is 19.3 Å². The summed E-state index contributed by atoms with van der Waals surface area (Å²) in [7, 11) is 0. The Morgan fingerprint density at radius 2 is 2.20 bits per heavy atom. The number of hydrogen-bond donors (Lipinski definition) is 1. The van der Waals surface area contributed by atoms with Gasteiger partial charge in [-0.05, 0) is 37.6 Å². The van der Waals surface area contributed by atoms with E-state index < -0.39 is 0 Å². The SMILES string of the molecule is CCNCc1ncoc1C1CC2CC2C1. The van der Waals surface area contributed by atoms with Crippen LogP contribution in [0, 0.1) is 11.8 Å². The van der Waals surface area contributed by atoms with E-state index in [0.29, 0.717) is 5.92 Å². The molecule has 3 rings (SSSR count). The Bertz CT molecular complexity index is 337.